The van der Waals surface area contributed by atoms with E-state index in [4.69, 9.17) is 8.94 Å². The van der Waals surface area contributed by atoms with E-state index in [0.29, 0.717) is 17.7 Å². The van der Waals surface area contributed by atoms with Crippen molar-refractivity contribution in [2.75, 3.05) is 26.2 Å². The van der Waals surface area contributed by atoms with Crippen molar-refractivity contribution in [1.82, 2.24) is 30.1 Å². The zero-order chi connectivity index (χ0) is 16.5. The molecule has 130 valence electrons. The van der Waals surface area contributed by atoms with E-state index in [1.807, 2.05) is 6.92 Å². The van der Waals surface area contributed by atoms with Crippen molar-refractivity contribution in [3.05, 3.63) is 23.5 Å². The van der Waals surface area contributed by atoms with Crippen molar-refractivity contribution in [1.29, 1.82) is 0 Å². The van der Waals surface area contributed by atoms with Crippen LogP contribution in [-0.2, 0) is 13.0 Å². The first-order valence-electron chi connectivity index (χ1n) is 8.84. The highest BCUT2D eigenvalue weighted by Gasteiger charge is 2.31. The van der Waals surface area contributed by atoms with Gasteiger partial charge in [0.25, 0.3) is 0 Å². The van der Waals surface area contributed by atoms with Crippen molar-refractivity contribution in [3.63, 3.8) is 0 Å². The number of aromatic nitrogens is 4. The monoisotopic (exact) mass is 332 g/mol. The molecular weight excluding hydrogens is 308 g/mol. The second kappa shape index (κ2) is 6.60. The van der Waals surface area contributed by atoms with Crippen molar-refractivity contribution >= 4 is 0 Å². The number of piperazine rings is 1. The molecule has 2 aromatic rings. The Morgan fingerprint density at radius 2 is 1.88 bits per heavy atom. The summed E-state index contributed by atoms with van der Waals surface area (Å²) in [5.74, 6) is 3.59. The Morgan fingerprint density at radius 3 is 2.54 bits per heavy atom. The largest absolute Gasteiger partial charge is 0.424 e. The smallest absolute Gasteiger partial charge is 0.243 e. The maximum atomic E-state index is 5.60. The van der Waals surface area contributed by atoms with E-state index < -0.39 is 0 Å². The summed E-state index contributed by atoms with van der Waals surface area (Å²) in [6.07, 6.45) is 3.17. The van der Waals surface area contributed by atoms with Crippen LogP contribution < -0.4 is 0 Å². The quantitative estimate of drug-likeness (QED) is 0.791. The lowest BCUT2D eigenvalue weighted by Gasteiger charge is -2.36. The molecule has 1 aliphatic heterocycles. The fraction of sp³-hybridized carbons (Fsp3) is 0.750. The third kappa shape index (κ3) is 3.34. The lowest BCUT2D eigenvalue weighted by molar-refractivity contribution is 0.0796. The molecule has 0 amide bonds. The average Bonchev–Trinajstić information content (AvgIpc) is 3.17. The molecule has 1 saturated carbocycles. The lowest BCUT2D eigenvalue weighted by Crippen LogP contribution is -2.46. The predicted molar refractivity (Wildman–Crippen MR) is 85.2 cm³/mol. The SMILES string of the molecule is CCc1nnc(CN2CCN(C(C)c3nc(C4CC4)no3)CC2)o1. The standard InChI is InChI=1S/C16H24N6O2/c1-3-13-18-19-14(23-13)10-21-6-8-22(9-7-21)11(2)16-17-15(20-24-16)12-4-5-12/h11-12H,3-10H2,1-2H3. The van der Waals surface area contributed by atoms with E-state index in [1.165, 1.54) is 12.8 Å². The third-order valence-corrected chi connectivity index (χ3v) is 4.88. The van der Waals surface area contributed by atoms with Crippen molar-refractivity contribution < 1.29 is 8.94 Å². The van der Waals surface area contributed by atoms with E-state index in [0.717, 1.165) is 50.9 Å². The Hall–Kier alpha value is -1.80. The van der Waals surface area contributed by atoms with Crippen molar-refractivity contribution in [2.24, 2.45) is 0 Å². The first kappa shape index (κ1) is 15.7. The van der Waals surface area contributed by atoms with Crippen LogP contribution in [0.25, 0.3) is 0 Å². The van der Waals surface area contributed by atoms with E-state index in [2.05, 4.69) is 37.1 Å². The van der Waals surface area contributed by atoms with Crippen LogP contribution in [0.1, 0.15) is 62.1 Å². The number of hydrogen-bond acceptors (Lipinski definition) is 8. The maximum Gasteiger partial charge on any atom is 0.243 e. The average molecular weight is 332 g/mol. The van der Waals surface area contributed by atoms with Gasteiger partial charge in [-0.2, -0.15) is 4.98 Å². The highest BCUT2D eigenvalue weighted by atomic mass is 16.5. The van der Waals surface area contributed by atoms with Crippen molar-refractivity contribution in [3.8, 4) is 0 Å². The van der Waals surface area contributed by atoms with Gasteiger partial charge in [0.05, 0.1) is 12.6 Å². The molecule has 2 fully saturated rings. The Kier molecular flexibility index (Phi) is 4.32. The van der Waals surface area contributed by atoms with E-state index in [1.54, 1.807) is 0 Å². The highest BCUT2D eigenvalue weighted by molar-refractivity contribution is 5.05. The Morgan fingerprint density at radius 1 is 1.12 bits per heavy atom. The summed E-state index contributed by atoms with van der Waals surface area (Å²) in [5.41, 5.74) is 0. The van der Waals surface area contributed by atoms with Gasteiger partial charge in [0, 0.05) is 38.5 Å². The molecular formula is C16H24N6O2. The number of hydrogen-bond donors (Lipinski definition) is 0. The minimum absolute atomic E-state index is 0.169. The molecule has 1 saturated heterocycles. The fourth-order valence-electron chi connectivity index (χ4n) is 3.08. The summed E-state index contributed by atoms with van der Waals surface area (Å²) < 4.78 is 11.1. The molecule has 24 heavy (non-hydrogen) atoms. The summed E-state index contributed by atoms with van der Waals surface area (Å²) in [4.78, 5) is 9.32. The maximum absolute atomic E-state index is 5.60. The molecule has 2 aliphatic rings. The van der Waals surface area contributed by atoms with Gasteiger partial charge < -0.3 is 8.94 Å². The molecule has 8 nitrogen and oxygen atoms in total. The fourth-order valence-corrected chi connectivity index (χ4v) is 3.08. The molecule has 4 rings (SSSR count). The Bertz CT molecular complexity index is 672. The molecule has 8 heteroatoms. The molecule has 2 aromatic heterocycles. The summed E-state index contributed by atoms with van der Waals surface area (Å²) in [6, 6.07) is 0.169. The molecule has 1 unspecified atom stereocenters. The van der Waals surface area contributed by atoms with E-state index in [-0.39, 0.29) is 6.04 Å². The molecule has 0 N–H and O–H groups in total. The Labute approximate surface area is 141 Å². The van der Waals surface area contributed by atoms with Gasteiger partial charge in [-0.25, -0.2) is 0 Å². The normalized spacial score (nSPS) is 21.2. The van der Waals surface area contributed by atoms with Gasteiger partial charge in [-0.3, -0.25) is 9.80 Å². The number of aryl methyl sites for hydroxylation is 1. The van der Waals surface area contributed by atoms with Gasteiger partial charge in [0.1, 0.15) is 0 Å². The first-order valence-corrected chi connectivity index (χ1v) is 8.84. The molecule has 0 bridgehead atoms. The second-order valence-corrected chi connectivity index (χ2v) is 6.70. The third-order valence-electron chi connectivity index (χ3n) is 4.88. The van der Waals surface area contributed by atoms with Crippen LogP contribution >= 0.6 is 0 Å². The van der Waals surface area contributed by atoms with Crippen LogP contribution in [0.5, 0.6) is 0 Å². The van der Waals surface area contributed by atoms with E-state index >= 15 is 0 Å². The van der Waals surface area contributed by atoms with Crippen molar-refractivity contribution in [2.45, 2.75) is 51.6 Å². The van der Waals surface area contributed by atoms with Crippen LogP contribution in [-0.4, -0.2) is 56.3 Å². The second-order valence-electron chi connectivity index (χ2n) is 6.70. The summed E-state index contributed by atoms with van der Waals surface area (Å²) in [6.45, 7) is 8.76. The molecule has 0 spiro atoms. The van der Waals surface area contributed by atoms with Gasteiger partial charge in [-0.05, 0) is 19.8 Å². The van der Waals surface area contributed by atoms with Crippen LogP contribution in [0.3, 0.4) is 0 Å². The lowest BCUT2D eigenvalue weighted by atomic mass is 10.2. The first-order chi connectivity index (χ1) is 11.7. The highest BCUT2D eigenvalue weighted by Crippen LogP contribution is 2.38. The molecule has 1 aliphatic carbocycles. The minimum Gasteiger partial charge on any atom is -0.424 e. The minimum atomic E-state index is 0.169. The molecule has 0 aromatic carbocycles. The summed E-state index contributed by atoms with van der Waals surface area (Å²) >= 11 is 0. The zero-order valence-corrected chi connectivity index (χ0v) is 14.3. The van der Waals surface area contributed by atoms with Crippen LogP contribution in [0, 0.1) is 0 Å². The van der Waals surface area contributed by atoms with Gasteiger partial charge in [-0.1, -0.05) is 12.1 Å². The molecule has 3 heterocycles. The number of rotatable bonds is 6. The summed E-state index contributed by atoms with van der Waals surface area (Å²) in [5, 5.41) is 12.3. The molecule has 0 radical (unpaired) electrons. The topological polar surface area (TPSA) is 84.3 Å². The van der Waals surface area contributed by atoms with E-state index in [9.17, 15) is 0 Å². The van der Waals surface area contributed by atoms with Crippen LogP contribution in [0.4, 0.5) is 0 Å². The van der Waals surface area contributed by atoms with Gasteiger partial charge >= 0.3 is 0 Å². The van der Waals surface area contributed by atoms with Gasteiger partial charge in [-0.15, -0.1) is 10.2 Å². The Balaban J connectivity index is 1.29. The van der Waals surface area contributed by atoms with Gasteiger partial charge in [0.15, 0.2) is 5.82 Å². The van der Waals surface area contributed by atoms with Gasteiger partial charge in [0.2, 0.25) is 17.7 Å². The van der Waals surface area contributed by atoms with Crippen LogP contribution in [0.15, 0.2) is 8.94 Å². The van der Waals surface area contributed by atoms with Crippen LogP contribution in [0.2, 0.25) is 0 Å². The zero-order valence-electron chi connectivity index (χ0n) is 14.3. The molecule has 1 atom stereocenters. The predicted octanol–water partition coefficient (Wildman–Crippen LogP) is 1.77. The summed E-state index contributed by atoms with van der Waals surface area (Å²) in [7, 11) is 0. The number of nitrogens with zero attached hydrogens (tertiary/aromatic N) is 6.